The van der Waals surface area contributed by atoms with E-state index in [1.54, 1.807) is 18.2 Å². The predicted octanol–water partition coefficient (Wildman–Crippen LogP) is 4.28. The second-order valence-electron chi connectivity index (χ2n) is 6.68. The van der Waals surface area contributed by atoms with Crippen LogP contribution < -0.4 is 20.3 Å². The highest BCUT2D eigenvalue weighted by Crippen LogP contribution is 2.26. The first kappa shape index (κ1) is 22.4. The molecule has 31 heavy (non-hydrogen) atoms. The first-order valence-corrected chi connectivity index (χ1v) is 10.6. The van der Waals surface area contributed by atoms with Gasteiger partial charge in [-0.25, -0.2) is 0 Å². The van der Waals surface area contributed by atoms with Gasteiger partial charge in [0.15, 0.2) is 13.2 Å². The number of hydrogen-bond acceptors (Lipinski definition) is 4. The Morgan fingerprint density at radius 2 is 1.42 bits per heavy atom. The maximum absolute atomic E-state index is 11.9. The third-order valence-electron chi connectivity index (χ3n) is 4.44. The minimum Gasteiger partial charge on any atom is -0.484 e. The summed E-state index contributed by atoms with van der Waals surface area (Å²) in [6, 6.07) is 23.1. The largest absolute Gasteiger partial charge is 0.484 e. The summed E-state index contributed by atoms with van der Waals surface area (Å²) in [4.78, 5) is 23.8. The van der Waals surface area contributed by atoms with Gasteiger partial charge in [0.05, 0.1) is 4.47 Å². The van der Waals surface area contributed by atoms with E-state index >= 15 is 0 Å². The van der Waals surface area contributed by atoms with Crippen LogP contribution in [-0.2, 0) is 16.0 Å². The van der Waals surface area contributed by atoms with Crippen LogP contribution in [0.1, 0.15) is 12.5 Å². The normalized spacial score (nSPS) is 10.3. The summed E-state index contributed by atoms with van der Waals surface area (Å²) in [5.74, 6) is 0.159. The first-order valence-electron chi connectivity index (χ1n) is 9.82. The van der Waals surface area contributed by atoms with E-state index in [-0.39, 0.29) is 13.2 Å². The SMILES string of the molecule is CCc1ccc(OCC(=O)NNC(=O)COc2ccc(-c3ccccc3)cc2)c(Br)c1. The van der Waals surface area contributed by atoms with Gasteiger partial charge in [0.25, 0.3) is 11.8 Å². The van der Waals surface area contributed by atoms with Crippen molar-refractivity contribution in [1.29, 1.82) is 0 Å². The molecular weight excluding hydrogens is 460 g/mol. The van der Waals surface area contributed by atoms with Crippen molar-refractivity contribution in [3.05, 3.63) is 82.8 Å². The second-order valence-corrected chi connectivity index (χ2v) is 7.54. The summed E-state index contributed by atoms with van der Waals surface area (Å²) >= 11 is 3.42. The van der Waals surface area contributed by atoms with Gasteiger partial charge in [0, 0.05) is 0 Å². The Hall–Kier alpha value is -3.32. The molecule has 0 heterocycles. The molecule has 0 fully saturated rings. The Labute approximate surface area is 189 Å². The van der Waals surface area contributed by atoms with Gasteiger partial charge < -0.3 is 9.47 Å². The van der Waals surface area contributed by atoms with Crippen molar-refractivity contribution in [3.63, 3.8) is 0 Å². The lowest BCUT2D eigenvalue weighted by atomic mass is 10.1. The predicted molar refractivity (Wildman–Crippen MR) is 123 cm³/mol. The summed E-state index contributed by atoms with van der Waals surface area (Å²) in [6.07, 6.45) is 0.907. The maximum Gasteiger partial charge on any atom is 0.276 e. The molecule has 3 aromatic carbocycles. The van der Waals surface area contributed by atoms with Crippen molar-refractivity contribution in [3.8, 4) is 22.6 Å². The van der Waals surface area contributed by atoms with Crippen LogP contribution in [0.15, 0.2) is 77.3 Å². The number of halogens is 1. The number of hydrogen-bond donors (Lipinski definition) is 2. The number of hydrazine groups is 1. The molecule has 0 aliphatic carbocycles. The van der Waals surface area contributed by atoms with Crippen LogP contribution in [0.4, 0.5) is 0 Å². The standard InChI is InChI=1S/C24H23BrN2O4/c1-2-17-8-13-22(21(25)14-17)31-16-24(29)27-26-23(28)15-30-20-11-9-19(10-12-20)18-6-4-3-5-7-18/h3-14H,2,15-16H2,1H3,(H,26,28)(H,27,29). The van der Waals surface area contributed by atoms with Gasteiger partial charge >= 0.3 is 0 Å². The third kappa shape index (κ3) is 6.86. The van der Waals surface area contributed by atoms with Crippen molar-refractivity contribution < 1.29 is 19.1 Å². The van der Waals surface area contributed by atoms with Gasteiger partial charge in [0.2, 0.25) is 0 Å². The molecule has 6 nitrogen and oxygen atoms in total. The molecule has 7 heteroatoms. The monoisotopic (exact) mass is 482 g/mol. The molecule has 0 aromatic heterocycles. The molecule has 160 valence electrons. The van der Waals surface area contributed by atoms with Crippen LogP contribution in [0.2, 0.25) is 0 Å². The molecule has 0 spiro atoms. The molecule has 2 N–H and O–H groups in total. The zero-order valence-electron chi connectivity index (χ0n) is 17.1. The Balaban J connectivity index is 1.38. The zero-order chi connectivity index (χ0) is 22.1. The maximum atomic E-state index is 11.9. The van der Waals surface area contributed by atoms with Crippen molar-refractivity contribution in [2.45, 2.75) is 13.3 Å². The Morgan fingerprint density at radius 3 is 2.03 bits per heavy atom. The van der Waals surface area contributed by atoms with Gasteiger partial charge in [-0.15, -0.1) is 0 Å². The molecule has 2 amide bonds. The summed E-state index contributed by atoms with van der Waals surface area (Å²) < 4.78 is 11.7. The quantitative estimate of drug-likeness (QED) is 0.469. The number of carbonyl (C=O) groups excluding carboxylic acids is 2. The van der Waals surface area contributed by atoms with Crippen LogP contribution in [0.3, 0.4) is 0 Å². The molecule has 0 unspecified atom stereocenters. The van der Waals surface area contributed by atoms with Gasteiger partial charge in [-0.2, -0.15) is 0 Å². The second kappa shape index (κ2) is 11.2. The van der Waals surface area contributed by atoms with Crippen LogP contribution >= 0.6 is 15.9 Å². The lowest BCUT2D eigenvalue weighted by molar-refractivity contribution is -0.131. The Bertz CT molecular complexity index is 1020. The number of rotatable bonds is 8. The molecule has 0 aliphatic rings. The van der Waals surface area contributed by atoms with E-state index in [4.69, 9.17) is 9.47 Å². The van der Waals surface area contributed by atoms with Crippen molar-refractivity contribution >= 4 is 27.7 Å². The average molecular weight is 483 g/mol. The van der Waals surface area contributed by atoms with E-state index in [1.165, 1.54) is 0 Å². The number of amides is 2. The average Bonchev–Trinajstić information content (AvgIpc) is 2.81. The highest BCUT2D eigenvalue weighted by molar-refractivity contribution is 9.10. The molecule has 0 aliphatic heterocycles. The molecular formula is C24H23BrN2O4. The molecule has 0 saturated carbocycles. The number of carbonyl (C=O) groups is 2. The number of ether oxygens (including phenoxy) is 2. The highest BCUT2D eigenvalue weighted by Gasteiger charge is 2.09. The van der Waals surface area contributed by atoms with Crippen LogP contribution in [0.5, 0.6) is 11.5 Å². The fourth-order valence-electron chi connectivity index (χ4n) is 2.76. The van der Waals surface area contributed by atoms with Gasteiger partial charge in [-0.3, -0.25) is 20.4 Å². The van der Waals surface area contributed by atoms with Crippen molar-refractivity contribution in [1.82, 2.24) is 10.9 Å². The van der Waals surface area contributed by atoms with Crippen LogP contribution in [0, 0.1) is 0 Å². The van der Waals surface area contributed by atoms with E-state index in [0.29, 0.717) is 11.5 Å². The highest BCUT2D eigenvalue weighted by atomic mass is 79.9. The first-order chi connectivity index (χ1) is 15.0. The molecule has 0 saturated heterocycles. The molecule has 3 rings (SSSR count). The molecule has 0 radical (unpaired) electrons. The summed E-state index contributed by atoms with van der Waals surface area (Å²) in [5, 5.41) is 0. The fraction of sp³-hybridized carbons (Fsp3) is 0.167. The summed E-state index contributed by atoms with van der Waals surface area (Å²) in [6.45, 7) is 1.60. The number of nitrogens with one attached hydrogen (secondary N) is 2. The Kier molecular flexibility index (Phi) is 8.06. The lowest BCUT2D eigenvalue weighted by Gasteiger charge is -2.11. The molecule has 0 bridgehead atoms. The number of benzene rings is 3. The topological polar surface area (TPSA) is 76.7 Å². The van der Waals surface area contributed by atoms with E-state index in [2.05, 4.69) is 33.7 Å². The van der Waals surface area contributed by atoms with Gasteiger partial charge in [-0.1, -0.05) is 55.5 Å². The third-order valence-corrected chi connectivity index (χ3v) is 5.06. The van der Waals surface area contributed by atoms with Crippen LogP contribution in [0.25, 0.3) is 11.1 Å². The summed E-state index contributed by atoms with van der Waals surface area (Å²) in [7, 11) is 0. The van der Waals surface area contributed by atoms with Crippen LogP contribution in [-0.4, -0.2) is 25.0 Å². The van der Waals surface area contributed by atoms with E-state index in [9.17, 15) is 9.59 Å². The smallest absolute Gasteiger partial charge is 0.276 e. The van der Waals surface area contributed by atoms with Gasteiger partial charge in [0.1, 0.15) is 11.5 Å². The summed E-state index contributed by atoms with van der Waals surface area (Å²) in [5.41, 5.74) is 7.92. The lowest BCUT2D eigenvalue weighted by Crippen LogP contribution is -2.45. The molecule has 3 aromatic rings. The van der Waals surface area contributed by atoms with Crippen molar-refractivity contribution in [2.75, 3.05) is 13.2 Å². The van der Waals surface area contributed by atoms with Crippen molar-refractivity contribution in [2.24, 2.45) is 0 Å². The molecule has 0 atom stereocenters. The van der Waals surface area contributed by atoms with E-state index in [1.807, 2.05) is 54.6 Å². The minimum atomic E-state index is -0.480. The minimum absolute atomic E-state index is 0.226. The van der Waals surface area contributed by atoms with E-state index < -0.39 is 11.8 Å². The van der Waals surface area contributed by atoms with Gasteiger partial charge in [-0.05, 0) is 63.3 Å². The van der Waals surface area contributed by atoms with E-state index in [0.717, 1.165) is 27.6 Å². The number of aryl methyl sites for hydroxylation is 1. The zero-order valence-corrected chi connectivity index (χ0v) is 18.6. The Morgan fingerprint density at radius 1 is 0.806 bits per heavy atom. The fourth-order valence-corrected chi connectivity index (χ4v) is 3.30.